The van der Waals surface area contributed by atoms with E-state index in [-0.39, 0.29) is 30.5 Å². The average Bonchev–Trinajstić information content (AvgIpc) is 3.13. The first-order valence-corrected chi connectivity index (χ1v) is 21.1. The monoisotopic (exact) mass is 767 g/mol. The van der Waals surface area contributed by atoms with Crippen LogP contribution in [0.3, 0.4) is 0 Å². The Kier molecular flexibility index (Phi) is 20.9. The van der Waals surface area contributed by atoms with Crippen LogP contribution in [0.1, 0.15) is 153 Å². The Morgan fingerprint density at radius 3 is 2.06 bits per heavy atom. The maximum atomic E-state index is 13.9. The lowest BCUT2D eigenvalue weighted by Gasteiger charge is -2.42. The van der Waals surface area contributed by atoms with Crippen LogP contribution in [0.2, 0.25) is 0 Å². The fourth-order valence-electron chi connectivity index (χ4n) is 8.08. The van der Waals surface area contributed by atoms with Crippen LogP contribution in [0.5, 0.6) is 5.75 Å². The van der Waals surface area contributed by atoms with Crippen LogP contribution in [0.25, 0.3) is 0 Å². The summed E-state index contributed by atoms with van der Waals surface area (Å²) in [6, 6.07) is 16.8. The van der Waals surface area contributed by atoms with Crippen molar-refractivity contribution in [1.29, 1.82) is 0 Å². The molecule has 2 aliphatic heterocycles. The van der Waals surface area contributed by atoms with Crippen molar-refractivity contribution in [3.8, 4) is 5.75 Å². The summed E-state index contributed by atoms with van der Waals surface area (Å²) in [5.74, 6) is 1.13. The summed E-state index contributed by atoms with van der Waals surface area (Å²) in [7, 11) is 1.74. The van der Waals surface area contributed by atoms with Gasteiger partial charge in [0.1, 0.15) is 5.75 Å². The molecule has 0 radical (unpaired) electrons. The molecule has 0 spiro atoms. The van der Waals surface area contributed by atoms with E-state index in [9.17, 15) is 4.79 Å². The number of methoxy groups -OCH3 is 1. The fourth-order valence-corrected chi connectivity index (χ4v) is 8.43. The van der Waals surface area contributed by atoms with Gasteiger partial charge in [-0.2, -0.15) is 0 Å². The summed E-state index contributed by atoms with van der Waals surface area (Å²) in [5.41, 5.74) is 5.07. The van der Waals surface area contributed by atoms with Gasteiger partial charge in [0.05, 0.1) is 24.8 Å². The number of unbranched alkanes of at least 4 members (excludes halogenated alkanes) is 12. The van der Waals surface area contributed by atoms with Gasteiger partial charge in [0, 0.05) is 24.4 Å². The van der Waals surface area contributed by atoms with E-state index in [0.717, 1.165) is 62.5 Å². The Labute approximate surface area is 334 Å². The second-order valence-electron chi connectivity index (χ2n) is 15.5. The molecule has 0 bridgehead atoms. The number of rotatable bonds is 23. The molecule has 53 heavy (non-hydrogen) atoms. The first kappa shape index (κ1) is 44.8. The third-order valence-electron chi connectivity index (χ3n) is 11.0. The molecule has 2 aliphatic rings. The minimum Gasteiger partial charge on any atom is -0.496 e. The first-order valence-electron chi connectivity index (χ1n) is 20.7. The lowest BCUT2D eigenvalue weighted by molar-refractivity contribution is -0.143. The van der Waals surface area contributed by atoms with E-state index >= 15 is 0 Å². The summed E-state index contributed by atoms with van der Waals surface area (Å²) < 4.78 is 12.0. The highest BCUT2D eigenvalue weighted by Gasteiger charge is 2.40. The van der Waals surface area contributed by atoms with Gasteiger partial charge in [-0.25, -0.2) is 4.79 Å². The molecule has 1 saturated heterocycles. The Morgan fingerprint density at radius 2 is 1.47 bits per heavy atom. The number of piperidine rings is 1. The Bertz CT molecular complexity index is 1390. The van der Waals surface area contributed by atoms with Crippen LogP contribution < -0.4 is 10.1 Å². The molecule has 4 rings (SSSR count). The molecular weight excluding hydrogens is 698 g/mol. The summed E-state index contributed by atoms with van der Waals surface area (Å²) in [6.07, 6.45) is 21.4. The average molecular weight is 769 g/mol. The number of carbonyl (C=O) groups excluding carboxylic acids is 1. The van der Waals surface area contributed by atoms with Crippen molar-refractivity contribution in [3.05, 3.63) is 76.5 Å². The number of nitrogens with one attached hydrogen (secondary N) is 1. The van der Waals surface area contributed by atoms with Crippen molar-refractivity contribution in [2.75, 3.05) is 26.7 Å². The molecule has 2 aromatic rings. The van der Waals surface area contributed by atoms with E-state index in [4.69, 9.17) is 21.7 Å². The predicted octanol–water partition coefficient (Wildman–Crippen LogP) is 11.5. The smallest absolute Gasteiger partial charge is 0.338 e. The standard InChI is InChI=1S/C45H69N3O3S.ClH/c1-6-7-8-9-10-11-12-13-14-15-16-17-21-25-39-26-22-27-40(50-5)42(39)43-41(44(49)51-35(2)3)36(4)46-45(52)48(43)33-30-37-28-31-47(32-29-37)34-38-23-19-18-20-24-38;/h18-20,22-24,26-27,35,37,43H,6-17,21,25,28-34H2,1-5H3,(H,46,52);1H. The zero-order chi connectivity index (χ0) is 37.1. The number of thiocarbonyl (C=S) groups is 1. The van der Waals surface area contributed by atoms with Gasteiger partial charge in [-0.05, 0) is 101 Å². The fraction of sp³-hybridized carbons (Fsp3) is 0.644. The third kappa shape index (κ3) is 14.5. The van der Waals surface area contributed by atoms with E-state index < -0.39 is 0 Å². The topological polar surface area (TPSA) is 54.0 Å². The van der Waals surface area contributed by atoms with Gasteiger partial charge in [0.2, 0.25) is 0 Å². The lowest BCUT2D eigenvalue weighted by Crippen LogP contribution is -2.49. The number of carbonyl (C=O) groups is 1. The highest BCUT2D eigenvalue weighted by Crippen LogP contribution is 2.42. The van der Waals surface area contributed by atoms with Gasteiger partial charge in [0.25, 0.3) is 0 Å². The molecule has 2 aromatic carbocycles. The number of hydrogen-bond acceptors (Lipinski definition) is 5. The van der Waals surface area contributed by atoms with Crippen LogP contribution in [-0.4, -0.2) is 53.7 Å². The second-order valence-corrected chi connectivity index (χ2v) is 15.9. The molecule has 1 fully saturated rings. The van der Waals surface area contributed by atoms with Crippen molar-refractivity contribution in [2.24, 2.45) is 5.92 Å². The Balaban J connectivity index is 0.00000756. The van der Waals surface area contributed by atoms with Crippen LogP contribution in [0, 0.1) is 5.92 Å². The van der Waals surface area contributed by atoms with Crippen LogP contribution >= 0.6 is 24.6 Å². The molecule has 8 heteroatoms. The Morgan fingerprint density at radius 1 is 0.868 bits per heavy atom. The van der Waals surface area contributed by atoms with Crippen molar-refractivity contribution in [1.82, 2.24) is 15.1 Å². The number of allylic oxidation sites excluding steroid dienone is 1. The second kappa shape index (κ2) is 24.7. The summed E-state index contributed by atoms with van der Waals surface area (Å²) in [5, 5.41) is 4.06. The molecule has 6 nitrogen and oxygen atoms in total. The van der Waals surface area contributed by atoms with E-state index in [1.807, 2.05) is 26.8 Å². The minimum atomic E-state index is -0.369. The summed E-state index contributed by atoms with van der Waals surface area (Å²) in [4.78, 5) is 18.7. The molecule has 0 saturated carbocycles. The quantitative estimate of drug-likeness (QED) is 0.0686. The molecule has 1 atom stereocenters. The van der Waals surface area contributed by atoms with E-state index in [1.54, 1.807) is 7.11 Å². The van der Waals surface area contributed by atoms with E-state index in [2.05, 4.69) is 64.5 Å². The number of nitrogens with zero attached hydrogens (tertiary/aromatic N) is 2. The number of halogens is 1. The third-order valence-corrected chi connectivity index (χ3v) is 11.4. The zero-order valence-electron chi connectivity index (χ0n) is 33.6. The lowest BCUT2D eigenvalue weighted by atomic mass is 9.87. The number of esters is 1. The molecule has 1 N–H and O–H groups in total. The van der Waals surface area contributed by atoms with Gasteiger partial charge >= 0.3 is 5.97 Å². The highest BCUT2D eigenvalue weighted by atomic mass is 35.5. The number of hydrogen-bond donors (Lipinski definition) is 1. The normalized spacial score (nSPS) is 16.8. The van der Waals surface area contributed by atoms with Crippen LogP contribution in [0.15, 0.2) is 59.8 Å². The van der Waals surface area contributed by atoms with Crippen molar-refractivity contribution < 1.29 is 14.3 Å². The molecule has 0 aromatic heterocycles. The van der Waals surface area contributed by atoms with Gasteiger partial charge in [0.15, 0.2) is 5.11 Å². The SMILES string of the molecule is CCCCCCCCCCCCCCCc1cccc(OC)c1C1C(C(=O)OC(C)C)=C(C)NC(=S)N1CCC1CCN(Cc2ccccc2)CC1.Cl. The maximum Gasteiger partial charge on any atom is 0.338 e. The minimum absolute atomic E-state index is 0. The number of benzene rings is 2. The maximum absolute atomic E-state index is 13.9. The number of ether oxygens (including phenoxy) is 2. The van der Waals surface area contributed by atoms with Gasteiger partial charge < -0.3 is 19.7 Å². The first-order chi connectivity index (χ1) is 25.3. The van der Waals surface area contributed by atoms with Crippen LogP contribution in [0.4, 0.5) is 0 Å². The predicted molar refractivity (Wildman–Crippen MR) is 228 cm³/mol. The summed E-state index contributed by atoms with van der Waals surface area (Å²) >= 11 is 6.07. The molecule has 0 amide bonds. The molecule has 296 valence electrons. The zero-order valence-corrected chi connectivity index (χ0v) is 35.3. The van der Waals surface area contributed by atoms with Crippen molar-refractivity contribution >= 4 is 35.7 Å². The highest BCUT2D eigenvalue weighted by molar-refractivity contribution is 7.80. The van der Waals surface area contributed by atoms with Gasteiger partial charge in [-0.1, -0.05) is 126 Å². The largest absolute Gasteiger partial charge is 0.496 e. The summed E-state index contributed by atoms with van der Waals surface area (Å²) in [6.45, 7) is 12.0. The molecular formula is C45H70ClN3O3S. The molecule has 2 heterocycles. The van der Waals surface area contributed by atoms with E-state index in [0.29, 0.717) is 16.6 Å². The number of likely N-dealkylation sites (tertiary alicyclic amines) is 1. The van der Waals surface area contributed by atoms with Crippen molar-refractivity contribution in [3.63, 3.8) is 0 Å². The van der Waals surface area contributed by atoms with Crippen LogP contribution in [-0.2, 0) is 22.5 Å². The Hall–Kier alpha value is -2.61. The van der Waals surface area contributed by atoms with Crippen molar-refractivity contribution in [2.45, 2.75) is 156 Å². The van der Waals surface area contributed by atoms with E-state index in [1.165, 1.54) is 101 Å². The molecule has 1 unspecified atom stereocenters. The number of aryl methyl sites for hydroxylation is 1. The van der Waals surface area contributed by atoms with Gasteiger partial charge in [-0.15, -0.1) is 12.4 Å². The van der Waals surface area contributed by atoms with Gasteiger partial charge in [-0.3, -0.25) is 4.90 Å². The molecule has 0 aliphatic carbocycles.